The van der Waals surface area contributed by atoms with Crippen LogP contribution in [0.3, 0.4) is 0 Å². The zero-order chi connectivity index (χ0) is 39.6. The van der Waals surface area contributed by atoms with Gasteiger partial charge in [-0.3, -0.25) is 5.41 Å². The van der Waals surface area contributed by atoms with Crippen LogP contribution in [-0.4, -0.2) is 20.8 Å². The van der Waals surface area contributed by atoms with Crippen molar-refractivity contribution in [1.82, 2.24) is 9.13 Å². The third-order valence-electron chi connectivity index (χ3n) is 10.6. The molecule has 6 heteroatoms. The summed E-state index contributed by atoms with van der Waals surface area (Å²) in [4.78, 5) is 4.45. The molecular formula is C52H38N6. The number of amidine groups is 2. The highest BCUT2D eigenvalue weighted by molar-refractivity contribution is 6.13. The van der Waals surface area contributed by atoms with E-state index >= 15 is 0 Å². The predicted molar refractivity (Wildman–Crippen MR) is 240 cm³/mol. The van der Waals surface area contributed by atoms with Gasteiger partial charge in [0.25, 0.3) is 0 Å². The summed E-state index contributed by atoms with van der Waals surface area (Å²) in [5.74, 6) is 0.438. The van der Waals surface area contributed by atoms with Gasteiger partial charge in [-0.05, 0) is 78.7 Å². The minimum absolute atomic E-state index is 0.117. The fourth-order valence-corrected chi connectivity index (χ4v) is 7.71. The van der Waals surface area contributed by atoms with Crippen LogP contribution in [0.15, 0.2) is 199 Å². The molecule has 0 unspecified atom stereocenters. The van der Waals surface area contributed by atoms with Crippen LogP contribution in [0.1, 0.15) is 22.3 Å². The lowest BCUT2D eigenvalue weighted by Crippen LogP contribution is -2.15. The number of aryl methyl sites for hydroxylation is 1. The molecule has 2 aromatic heterocycles. The first-order valence-corrected chi connectivity index (χ1v) is 19.1. The van der Waals surface area contributed by atoms with Gasteiger partial charge in [-0.2, -0.15) is 5.26 Å². The zero-order valence-electron chi connectivity index (χ0n) is 31.8. The summed E-state index contributed by atoms with van der Waals surface area (Å²) in [7, 11) is 0. The largest absolute Gasteiger partial charge is 0.383 e. The van der Waals surface area contributed by atoms with Gasteiger partial charge in [-0.25, -0.2) is 4.99 Å². The molecule has 3 N–H and O–H groups in total. The summed E-state index contributed by atoms with van der Waals surface area (Å²) in [6.45, 7) is 2.00. The second-order valence-corrected chi connectivity index (χ2v) is 14.2. The third kappa shape index (κ3) is 6.68. The average Bonchev–Trinajstić information content (AvgIpc) is 3.79. The van der Waals surface area contributed by atoms with Crippen LogP contribution in [0.25, 0.3) is 66.1 Å². The van der Waals surface area contributed by atoms with Crippen molar-refractivity contribution in [2.75, 3.05) is 0 Å². The Morgan fingerprint density at radius 2 is 0.983 bits per heavy atom. The molecule has 10 aromatic rings. The number of hydrogen-bond acceptors (Lipinski definition) is 2. The molecule has 0 bridgehead atoms. The molecule has 0 saturated heterocycles. The quantitative estimate of drug-likeness (QED) is 0.135. The fraction of sp³-hybridized carbons (Fsp3) is 0.0192. The van der Waals surface area contributed by atoms with Crippen molar-refractivity contribution in [1.29, 1.82) is 10.7 Å². The Hall–Kier alpha value is -8.01. The summed E-state index contributed by atoms with van der Waals surface area (Å²) in [5.41, 5.74) is 18.6. The van der Waals surface area contributed by atoms with Crippen molar-refractivity contribution in [2.24, 2.45) is 10.7 Å². The van der Waals surface area contributed by atoms with Gasteiger partial charge in [-0.15, -0.1) is 0 Å². The number of nitrogens with one attached hydrogen (secondary N) is 1. The molecule has 0 aliphatic carbocycles. The molecule has 0 amide bonds. The molecule has 0 spiro atoms. The van der Waals surface area contributed by atoms with Gasteiger partial charge in [0.05, 0.1) is 33.7 Å². The lowest BCUT2D eigenvalue weighted by atomic mass is 10.0. The number of nitriles is 1. The second-order valence-electron chi connectivity index (χ2n) is 14.2. The van der Waals surface area contributed by atoms with Crippen LogP contribution in [0.2, 0.25) is 0 Å². The van der Waals surface area contributed by atoms with E-state index in [1.165, 1.54) is 38.1 Å². The van der Waals surface area contributed by atoms with Crippen LogP contribution in [-0.2, 0) is 0 Å². The summed E-state index contributed by atoms with van der Waals surface area (Å²) < 4.78 is 4.64. The molecule has 0 fully saturated rings. The lowest BCUT2D eigenvalue weighted by molar-refractivity contribution is 1.18. The number of hydrogen-bond donors (Lipinski definition) is 2. The molecule has 0 atom stereocenters. The van der Waals surface area contributed by atoms with Crippen molar-refractivity contribution >= 4 is 55.3 Å². The molecule has 58 heavy (non-hydrogen) atoms. The van der Waals surface area contributed by atoms with Crippen molar-refractivity contribution in [3.63, 3.8) is 0 Å². The number of benzene rings is 8. The maximum Gasteiger partial charge on any atom is 0.154 e. The van der Waals surface area contributed by atoms with E-state index in [-0.39, 0.29) is 5.84 Å². The number of aliphatic imine (C=N–C) groups is 1. The van der Waals surface area contributed by atoms with E-state index in [0.717, 1.165) is 44.7 Å². The van der Waals surface area contributed by atoms with E-state index in [1.807, 2.05) is 79.7 Å². The molecule has 0 saturated carbocycles. The van der Waals surface area contributed by atoms with Gasteiger partial charge in [0.1, 0.15) is 5.84 Å². The minimum atomic E-state index is 0.117. The molecule has 276 valence electrons. The summed E-state index contributed by atoms with van der Waals surface area (Å²) in [6, 6.07) is 68.3. The number of rotatable bonds is 5. The van der Waals surface area contributed by atoms with Gasteiger partial charge in [0.15, 0.2) is 5.84 Å². The van der Waals surface area contributed by atoms with Crippen molar-refractivity contribution < 1.29 is 0 Å². The standard InChI is InChI=1S/C44H31N5.C8H7N/c45-43(29-12-3-1-4-13-29)47-44(46)32-14-11-17-34(26-32)49-40-21-10-8-19-36(40)38-25-23-31(28-42(38)49)30-22-24-37-35-18-7-9-20-39(35)48(41(37)27-30)33-15-5-2-6-16-33;1-7-2-4-8(6-9)5-3-7/h1-28H,(H3,45,46,47);2-5H,1H3. The first-order chi connectivity index (χ1) is 28.5. The van der Waals surface area contributed by atoms with Gasteiger partial charge >= 0.3 is 0 Å². The Kier molecular flexibility index (Phi) is 9.39. The van der Waals surface area contributed by atoms with Crippen LogP contribution < -0.4 is 5.73 Å². The maximum atomic E-state index is 8.81. The summed E-state index contributed by atoms with van der Waals surface area (Å²) in [6.07, 6.45) is 0. The second kappa shape index (κ2) is 15.3. The van der Waals surface area contributed by atoms with Crippen LogP contribution in [0.4, 0.5) is 0 Å². The first kappa shape index (κ1) is 35.7. The Labute approximate surface area is 336 Å². The van der Waals surface area contributed by atoms with Crippen LogP contribution >= 0.6 is 0 Å². The van der Waals surface area contributed by atoms with Gasteiger partial charge in [0.2, 0.25) is 0 Å². The maximum absolute atomic E-state index is 8.81. The number of nitrogens with zero attached hydrogens (tertiary/aromatic N) is 4. The predicted octanol–water partition coefficient (Wildman–Crippen LogP) is 12.1. The van der Waals surface area contributed by atoms with E-state index in [0.29, 0.717) is 11.4 Å². The Bertz CT molecular complexity index is 3200. The molecule has 0 aliphatic heterocycles. The van der Waals surface area contributed by atoms with E-state index < -0.39 is 0 Å². The van der Waals surface area contributed by atoms with Gasteiger partial charge in [0, 0.05) is 44.0 Å². The topological polar surface area (TPSA) is 95.9 Å². The lowest BCUT2D eigenvalue weighted by Gasteiger charge is -2.11. The third-order valence-corrected chi connectivity index (χ3v) is 10.6. The number of aromatic nitrogens is 2. The molecule has 8 aromatic carbocycles. The average molecular weight is 747 g/mol. The Morgan fingerprint density at radius 3 is 1.57 bits per heavy atom. The van der Waals surface area contributed by atoms with Crippen molar-refractivity contribution in [3.8, 4) is 28.6 Å². The number of para-hydroxylation sites is 3. The highest BCUT2D eigenvalue weighted by Crippen LogP contribution is 2.38. The summed E-state index contributed by atoms with van der Waals surface area (Å²) in [5, 5.41) is 22.0. The molecule has 10 rings (SSSR count). The molecule has 0 aliphatic rings. The van der Waals surface area contributed by atoms with Gasteiger partial charge in [-0.1, -0.05) is 139 Å². The number of nitrogens with two attached hydrogens (primary N) is 1. The van der Waals surface area contributed by atoms with Gasteiger partial charge < -0.3 is 14.9 Å². The Morgan fingerprint density at radius 1 is 0.500 bits per heavy atom. The normalized spacial score (nSPS) is 11.4. The molecule has 0 radical (unpaired) electrons. The fourth-order valence-electron chi connectivity index (χ4n) is 7.71. The van der Waals surface area contributed by atoms with Crippen LogP contribution in [0, 0.1) is 23.7 Å². The monoisotopic (exact) mass is 746 g/mol. The molecule has 2 heterocycles. The first-order valence-electron chi connectivity index (χ1n) is 19.1. The van der Waals surface area contributed by atoms with Crippen molar-refractivity contribution in [2.45, 2.75) is 6.92 Å². The zero-order valence-corrected chi connectivity index (χ0v) is 31.8. The SMILES string of the molecule is Cc1ccc(C#N)cc1.N=C(N=C(N)c1ccccc1)c1cccc(-n2c3ccccc3c3ccc(-c4ccc5c6ccccc6n(-c6ccccc6)c5c4)cc32)c1. The van der Waals surface area contributed by atoms with E-state index in [2.05, 4.69) is 142 Å². The number of fused-ring (bicyclic) bond motifs is 6. The van der Waals surface area contributed by atoms with E-state index in [1.54, 1.807) is 0 Å². The smallest absolute Gasteiger partial charge is 0.154 e. The van der Waals surface area contributed by atoms with Crippen molar-refractivity contribution in [3.05, 3.63) is 216 Å². The van der Waals surface area contributed by atoms with E-state index in [9.17, 15) is 0 Å². The van der Waals surface area contributed by atoms with E-state index in [4.69, 9.17) is 16.4 Å². The van der Waals surface area contributed by atoms with Crippen LogP contribution in [0.5, 0.6) is 0 Å². The highest BCUT2D eigenvalue weighted by atomic mass is 15.0. The molecule has 6 nitrogen and oxygen atoms in total. The minimum Gasteiger partial charge on any atom is -0.383 e. The summed E-state index contributed by atoms with van der Waals surface area (Å²) >= 11 is 0. The highest BCUT2D eigenvalue weighted by Gasteiger charge is 2.17. The Balaban J connectivity index is 0.000000430. The molecular weight excluding hydrogens is 709 g/mol.